The Morgan fingerprint density at radius 1 is 1.10 bits per heavy atom. The zero-order valence-corrected chi connectivity index (χ0v) is 12.1. The standard InChI is InChI=1S/C14H14N2O5/c1-6-10-9(16-7(2)15-6)5-8(13(18)20-3)11(12(10)17)14(19)21-4/h5,17H,1-4H3. The third-order valence-electron chi connectivity index (χ3n) is 3.05. The highest BCUT2D eigenvalue weighted by atomic mass is 16.5. The summed E-state index contributed by atoms with van der Waals surface area (Å²) >= 11 is 0. The van der Waals surface area contributed by atoms with Crippen LogP contribution in [0.5, 0.6) is 5.75 Å². The number of methoxy groups -OCH3 is 2. The molecule has 2 aromatic rings. The summed E-state index contributed by atoms with van der Waals surface area (Å²) < 4.78 is 9.25. The third-order valence-corrected chi connectivity index (χ3v) is 3.05. The number of aromatic hydroxyl groups is 1. The molecular formula is C14H14N2O5. The molecule has 7 heteroatoms. The van der Waals surface area contributed by atoms with Crippen LogP contribution in [0.1, 0.15) is 32.2 Å². The van der Waals surface area contributed by atoms with Gasteiger partial charge in [0.05, 0.1) is 36.4 Å². The van der Waals surface area contributed by atoms with Gasteiger partial charge in [0, 0.05) is 0 Å². The number of carbonyl (C=O) groups excluding carboxylic acids is 2. The second-order valence-electron chi connectivity index (χ2n) is 4.38. The highest BCUT2D eigenvalue weighted by Gasteiger charge is 2.26. The lowest BCUT2D eigenvalue weighted by molar-refractivity contribution is 0.0552. The Morgan fingerprint density at radius 3 is 2.29 bits per heavy atom. The third kappa shape index (κ3) is 2.37. The first-order chi connectivity index (χ1) is 9.90. The van der Waals surface area contributed by atoms with Crippen molar-refractivity contribution in [3.63, 3.8) is 0 Å². The number of esters is 2. The lowest BCUT2D eigenvalue weighted by Crippen LogP contribution is -2.13. The number of aryl methyl sites for hydroxylation is 2. The molecule has 0 amide bonds. The minimum atomic E-state index is -0.838. The summed E-state index contributed by atoms with van der Waals surface area (Å²) in [6, 6.07) is 1.38. The van der Waals surface area contributed by atoms with Crippen molar-refractivity contribution < 1.29 is 24.2 Å². The molecule has 0 atom stereocenters. The van der Waals surface area contributed by atoms with E-state index in [1.807, 2.05) is 0 Å². The van der Waals surface area contributed by atoms with E-state index in [0.29, 0.717) is 22.4 Å². The Balaban J connectivity index is 2.94. The van der Waals surface area contributed by atoms with E-state index in [2.05, 4.69) is 19.4 Å². The minimum Gasteiger partial charge on any atom is -0.506 e. The lowest BCUT2D eigenvalue weighted by atomic mass is 10.0. The first-order valence-electron chi connectivity index (χ1n) is 6.08. The first-order valence-corrected chi connectivity index (χ1v) is 6.08. The number of ether oxygens (including phenoxy) is 2. The van der Waals surface area contributed by atoms with Gasteiger partial charge in [-0.1, -0.05) is 0 Å². The average molecular weight is 290 g/mol. The Hall–Kier alpha value is -2.70. The first kappa shape index (κ1) is 14.7. The van der Waals surface area contributed by atoms with Gasteiger partial charge in [0.2, 0.25) is 0 Å². The van der Waals surface area contributed by atoms with Crippen molar-refractivity contribution in [3.05, 3.63) is 28.7 Å². The van der Waals surface area contributed by atoms with Crippen LogP contribution in [0.3, 0.4) is 0 Å². The van der Waals surface area contributed by atoms with Crippen molar-refractivity contribution in [2.45, 2.75) is 13.8 Å². The quantitative estimate of drug-likeness (QED) is 0.837. The van der Waals surface area contributed by atoms with Crippen LogP contribution in [-0.4, -0.2) is 41.2 Å². The molecule has 0 spiro atoms. The molecule has 0 saturated carbocycles. The molecule has 0 unspecified atom stereocenters. The van der Waals surface area contributed by atoms with Gasteiger partial charge in [0.25, 0.3) is 0 Å². The largest absolute Gasteiger partial charge is 0.506 e. The molecule has 0 fully saturated rings. The van der Waals surface area contributed by atoms with E-state index in [1.54, 1.807) is 13.8 Å². The number of benzene rings is 1. The summed E-state index contributed by atoms with van der Waals surface area (Å²) in [6.07, 6.45) is 0. The highest BCUT2D eigenvalue weighted by Crippen LogP contribution is 2.33. The Labute approximate surface area is 120 Å². The van der Waals surface area contributed by atoms with E-state index >= 15 is 0 Å². The number of phenolic OH excluding ortho intramolecular Hbond substituents is 1. The molecule has 0 aliphatic heterocycles. The molecule has 1 aromatic heterocycles. The zero-order chi connectivity index (χ0) is 15.7. The molecule has 110 valence electrons. The Kier molecular flexibility index (Phi) is 3.75. The molecule has 0 aliphatic carbocycles. The average Bonchev–Trinajstić information content (AvgIpc) is 2.44. The summed E-state index contributed by atoms with van der Waals surface area (Å²) in [7, 11) is 2.34. The summed E-state index contributed by atoms with van der Waals surface area (Å²) in [5.41, 5.74) is 0.487. The normalized spacial score (nSPS) is 10.5. The van der Waals surface area contributed by atoms with Gasteiger partial charge < -0.3 is 14.6 Å². The fraction of sp³-hybridized carbons (Fsp3) is 0.286. The smallest absolute Gasteiger partial charge is 0.342 e. The topological polar surface area (TPSA) is 98.6 Å². The van der Waals surface area contributed by atoms with E-state index in [1.165, 1.54) is 13.2 Å². The SMILES string of the molecule is COC(=O)c1cc2nc(C)nc(C)c2c(O)c1C(=O)OC. The summed E-state index contributed by atoms with van der Waals surface area (Å²) in [5.74, 6) is -1.51. The minimum absolute atomic E-state index is 0.105. The van der Waals surface area contributed by atoms with Crippen LogP contribution in [-0.2, 0) is 9.47 Å². The number of hydrogen-bond acceptors (Lipinski definition) is 7. The van der Waals surface area contributed by atoms with Gasteiger partial charge in [-0.25, -0.2) is 19.6 Å². The predicted octanol–water partition coefficient (Wildman–Crippen LogP) is 1.53. The van der Waals surface area contributed by atoms with Gasteiger partial charge in [-0.3, -0.25) is 0 Å². The maximum absolute atomic E-state index is 11.9. The van der Waals surface area contributed by atoms with E-state index in [0.717, 1.165) is 7.11 Å². The summed E-state index contributed by atoms with van der Waals surface area (Å²) in [6.45, 7) is 3.37. The molecule has 1 N–H and O–H groups in total. The highest BCUT2D eigenvalue weighted by molar-refractivity contribution is 6.10. The number of phenols is 1. The number of hydrogen-bond donors (Lipinski definition) is 1. The molecule has 2 rings (SSSR count). The van der Waals surface area contributed by atoms with Crippen LogP contribution in [0.4, 0.5) is 0 Å². The molecule has 1 aromatic carbocycles. The Bertz CT molecular complexity index is 755. The van der Waals surface area contributed by atoms with Crippen LogP contribution >= 0.6 is 0 Å². The van der Waals surface area contributed by atoms with Crippen LogP contribution in [0, 0.1) is 13.8 Å². The van der Waals surface area contributed by atoms with Crippen molar-refractivity contribution in [2.24, 2.45) is 0 Å². The van der Waals surface area contributed by atoms with E-state index in [9.17, 15) is 14.7 Å². The molecule has 0 radical (unpaired) electrons. The van der Waals surface area contributed by atoms with Crippen molar-refractivity contribution >= 4 is 22.8 Å². The van der Waals surface area contributed by atoms with Crippen LogP contribution in [0.15, 0.2) is 6.07 Å². The molecule has 7 nitrogen and oxygen atoms in total. The van der Waals surface area contributed by atoms with Gasteiger partial charge in [-0.05, 0) is 19.9 Å². The van der Waals surface area contributed by atoms with Gasteiger partial charge in [0.1, 0.15) is 17.1 Å². The maximum atomic E-state index is 11.9. The van der Waals surface area contributed by atoms with E-state index in [4.69, 9.17) is 0 Å². The molecule has 0 aliphatic rings. The van der Waals surface area contributed by atoms with Gasteiger partial charge in [-0.15, -0.1) is 0 Å². The van der Waals surface area contributed by atoms with Crippen LogP contribution in [0.2, 0.25) is 0 Å². The number of fused-ring (bicyclic) bond motifs is 1. The van der Waals surface area contributed by atoms with E-state index < -0.39 is 17.7 Å². The number of nitrogens with zero attached hydrogens (tertiary/aromatic N) is 2. The predicted molar refractivity (Wildman–Crippen MR) is 73.4 cm³/mol. The van der Waals surface area contributed by atoms with Crippen molar-refractivity contribution in [1.82, 2.24) is 9.97 Å². The van der Waals surface area contributed by atoms with Crippen molar-refractivity contribution in [2.75, 3.05) is 14.2 Å². The van der Waals surface area contributed by atoms with Crippen molar-refractivity contribution in [3.8, 4) is 5.75 Å². The van der Waals surface area contributed by atoms with Gasteiger partial charge in [-0.2, -0.15) is 0 Å². The molecule has 0 saturated heterocycles. The van der Waals surface area contributed by atoms with Crippen LogP contribution in [0.25, 0.3) is 10.9 Å². The lowest BCUT2D eigenvalue weighted by Gasteiger charge is -2.12. The van der Waals surface area contributed by atoms with Crippen molar-refractivity contribution in [1.29, 1.82) is 0 Å². The Morgan fingerprint density at radius 2 is 1.71 bits per heavy atom. The molecule has 21 heavy (non-hydrogen) atoms. The second-order valence-corrected chi connectivity index (χ2v) is 4.38. The van der Waals surface area contributed by atoms with Gasteiger partial charge >= 0.3 is 11.9 Å². The molecular weight excluding hydrogens is 276 g/mol. The van der Waals surface area contributed by atoms with Gasteiger partial charge in [0.15, 0.2) is 0 Å². The zero-order valence-electron chi connectivity index (χ0n) is 12.1. The maximum Gasteiger partial charge on any atom is 0.342 e. The number of rotatable bonds is 2. The van der Waals surface area contributed by atoms with Crippen LogP contribution < -0.4 is 0 Å². The number of aromatic nitrogens is 2. The fourth-order valence-electron chi connectivity index (χ4n) is 2.18. The number of carbonyl (C=O) groups is 2. The molecule has 1 heterocycles. The second kappa shape index (κ2) is 5.35. The molecule has 0 bridgehead atoms. The summed E-state index contributed by atoms with van der Waals surface area (Å²) in [5, 5.41) is 10.7. The van der Waals surface area contributed by atoms with E-state index in [-0.39, 0.29) is 11.1 Å². The monoisotopic (exact) mass is 290 g/mol. The summed E-state index contributed by atoms with van der Waals surface area (Å²) in [4.78, 5) is 32.0. The fourth-order valence-corrected chi connectivity index (χ4v) is 2.18.